The van der Waals surface area contributed by atoms with Gasteiger partial charge in [0, 0.05) is 18.3 Å². The number of anilines is 1. The topological polar surface area (TPSA) is 80.3 Å². The van der Waals surface area contributed by atoms with Gasteiger partial charge in [0.25, 0.3) is 0 Å². The summed E-state index contributed by atoms with van der Waals surface area (Å²) >= 11 is 0. The van der Waals surface area contributed by atoms with E-state index in [0.29, 0.717) is 36.9 Å². The number of fused-ring (bicyclic) bond motifs is 1. The molecule has 1 aromatic rings. The number of aliphatic hydroxyl groups excluding tert-OH is 1. The maximum Gasteiger partial charge on any atom is 0.238 e. The molecule has 0 radical (unpaired) electrons. The summed E-state index contributed by atoms with van der Waals surface area (Å²) < 4.78 is 15.8. The van der Waals surface area contributed by atoms with Crippen molar-refractivity contribution in [1.82, 2.24) is 4.90 Å². The molecule has 114 valence electrons. The van der Waals surface area contributed by atoms with E-state index in [4.69, 9.17) is 14.2 Å². The number of ether oxygens (including phenoxy) is 3. The van der Waals surface area contributed by atoms with Gasteiger partial charge in [-0.2, -0.15) is 0 Å². The molecule has 1 amide bonds. The molecule has 2 heterocycles. The Bertz CT molecular complexity index is 522. The van der Waals surface area contributed by atoms with Gasteiger partial charge >= 0.3 is 0 Å². The van der Waals surface area contributed by atoms with Gasteiger partial charge in [0.15, 0.2) is 11.5 Å². The summed E-state index contributed by atoms with van der Waals surface area (Å²) in [6.45, 7) is 2.08. The molecule has 1 atom stereocenters. The van der Waals surface area contributed by atoms with Gasteiger partial charge in [-0.1, -0.05) is 0 Å². The van der Waals surface area contributed by atoms with Crippen LogP contribution in [0.3, 0.4) is 0 Å². The first-order valence-corrected chi connectivity index (χ1v) is 6.88. The monoisotopic (exact) mass is 294 g/mol. The summed E-state index contributed by atoms with van der Waals surface area (Å²) in [6.07, 6.45) is 0. The van der Waals surface area contributed by atoms with Gasteiger partial charge < -0.3 is 24.6 Å². The van der Waals surface area contributed by atoms with Gasteiger partial charge in [-0.25, -0.2) is 0 Å². The third-order valence-electron chi connectivity index (χ3n) is 3.56. The van der Waals surface area contributed by atoms with E-state index in [1.165, 1.54) is 0 Å². The second-order valence-electron chi connectivity index (χ2n) is 5.00. The number of rotatable bonds is 4. The van der Waals surface area contributed by atoms with Crippen molar-refractivity contribution in [3.63, 3.8) is 0 Å². The van der Waals surface area contributed by atoms with Crippen LogP contribution >= 0.6 is 0 Å². The Kier molecular flexibility index (Phi) is 4.23. The number of amides is 1. The molecule has 0 aromatic heterocycles. The number of nitrogens with one attached hydrogen (secondary N) is 1. The van der Waals surface area contributed by atoms with Gasteiger partial charge in [0.2, 0.25) is 12.7 Å². The zero-order valence-electron chi connectivity index (χ0n) is 11.6. The third kappa shape index (κ3) is 3.26. The second kappa shape index (κ2) is 6.30. The summed E-state index contributed by atoms with van der Waals surface area (Å²) in [4.78, 5) is 14.0. The van der Waals surface area contributed by atoms with Crippen LogP contribution in [0, 0.1) is 0 Å². The Morgan fingerprint density at radius 2 is 2.24 bits per heavy atom. The van der Waals surface area contributed by atoms with Crippen LogP contribution in [0.25, 0.3) is 0 Å². The van der Waals surface area contributed by atoms with Crippen LogP contribution in [0.4, 0.5) is 5.69 Å². The highest BCUT2D eigenvalue weighted by Crippen LogP contribution is 2.34. The number of carbonyl (C=O) groups excluding carboxylic acids is 1. The van der Waals surface area contributed by atoms with E-state index in [1.807, 2.05) is 4.90 Å². The average Bonchev–Trinajstić information content (AvgIpc) is 2.95. The Balaban J connectivity index is 1.58. The van der Waals surface area contributed by atoms with E-state index in [0.717, 1.165) is 0 Å². The fourth-order valence-electron chi connectivity index (χ4n) is 2.42. The van der Waals surface area contributed by atoms with Crippen LogP contribution in [0.15, 0.2) is 18.2 Å². The number of benzene rings is 1. The molecule has 2 N–H and O–H groups in total. The quantitative estimate of drug-likeness (QED) is 0.816. The van der Waals surface area contributed by atoms with Crippen LogP contribution < -0.4 is 14.8 Å². The molecule has 0 bridgehead atoms. The van der Waals surface area contributed by atoms with Crippen LogP contribution in [-0.4, -0.2) is 61.7 Å². The molecule has 0 spiro atoms. The highest BCUT2D eigenvalue weighted by molar-refractivity contribution is 5.92. The number of nitrogens with zero attached hydrogens (tertiary/aromatic N) is 1. The average molecular weight is 294 g/mol. The fourth-order valence-corrected chi connectivity index (χ4v) is 2.42. The number of hydrogen-bond acceptors (Lipinski definition) is 6. The van der Waals surface area contributed by atoms with E-state index in [9.17, 15) is 9.90 Å². The van der Waals surface area contributed by atoms with Crippen LogP contribution in [0.2, 0.25) is 0 Å². The lowest BCUT2D eigenvalue weighted by atomic mass is 10.2. The zero-order chi connectivity index (χ0) is 14.7. The minimum absolute atomic E-state index is 0.0166. The second-order valence-corrected chi connectivity index (χ2v) is 5.00. The molecular weight excluding hydrogens is 276 g/mol. The highest BCUT2D eigenvalue weighted by atomic mass is 16.7. The molecule has 21 heavy (non-hydrogen) atoms. The van der Waals surface area contributed by atoms with Gasteiger partial charge in [0.05, 0.1) is 32.4 Å². The molecule has 2 aliphatic rings. The van der Waals surface area contributed by atoms with Crippen molar-refractivity contribution < 1.29 is 24.1 Å². The SMILES string of the molecule is O=C(CN1CCOCC1CO)Nc1ccc2c(c1)OCO2. The van der Waals surface area contributed by atoms with Crippen molar-refractivity contribution in [2.45, 2.75) is 6.04 Å². The first-order valence-electron chi connectivity index (χ1n) is 6.88. The summed E-state index contributed by atoms with van der Waals surface area (Å²) in [5, 5.41) is 12.1. The van der Waals surface area contributed by atoms with E-state index >= 15 is 0 Å². The van der Waals surface area contributed by atoms with Gasteiger partial charge in [-0.15, -0.1) is 0 Å². The van der Waals surface area contributed by atoms with Crippen molar-refractivity contribution in [2.24, 2.45) is 0 Å². The predicted octanol–water partition coefficient (Wildman–Crippen LogP) is 0.0469. The lowest BCUT2D eigenvalue weighted by Gasteiger charge is -2.33. The molecule has 7 nitrogen and oxygen atoms in total. The maximum absolute atomic E-state index is 12.1. The van der Waals surface area contributed by atoms with Gasteiger partial charge in [-0.3, -0.25) is 9.69 Å². The molecule has 7 heteroatoms. The standard InChI is InChI=1S/C14H18N2O5/c17-7-11-8-19-4-3-16(11)6-14(18)15-10-1-2-12-13(5-10)21-9-20-12/h1-2,5,11,17H,3-4,6-9H2,(H,15,18). The summed E-state index contributed by atoms with van der Waals surface area (Å²) in [6, 6.07) is 5.15. The molecule has 0 saturated carbocycles. The molecule has 2 aliphatic heterocycles. The smallest absolute Gasteiger partial charge is 0.238 e. The minimum atomic E-state index is -0.130. The summed E-state index contributed by atoms with van der Waals surface area (Å²) in [5.74, 6) is 1.18. The van der Waals surface area contributed by atoms with E-state index in [1.54, 1.807) is 18.2 Å². The van der Waals surface area contributed by atoms with Crippen molar-refractivity contribution in [1.29, 1.82) is 0 Å². The normalized spacial score (nSPS) is 21.3. The van der Waals surface area contributed by atoms with Gasteiger partial charge in [0.1, 0.15) is 0 Å². The largest absolute Gasteiger partial charge is 0.454 e. The molecule has 1 saturated heterocycles. The molecule has 3 rings (SSSR count). The molecule has 1 unspecified atom stereocenters. The first-order chi connectivity index (χ1) is 10.3. The Hall–Kier alpha value is -1.83. The van der Waals surface area contributed by atoms with E-state index in [-0.39, 0.29) is 31.9 Å². The number of aliphatic hydroxyl groups is 1. The Labute approximate surface area is 122 Å². The zero-order valence-corrected chi connectivity index (χ0v) is 11.6. The Morgan fingerprint density at radius 1 is 1.38 bits per heavy atom. The molecule has 1 fully saturated rings. The number of morpholine rings is 1. The maximum atomic E-state index is 12.1. The van der Waals surface area contributed by atoms with Crippen LogP contribution in [0.5, 0.6) is 11.5 Å². The van der Waals surface area contributed by atoms with E-state index < -0.39 is 0 Å². The predicted molar refractivity (Wildman–Crippen MR) is 74.5 cm³/mol. The number of hydrogen-bond donors (Lipinski definition) is 2. The first kappa shape index (κ1) is 14.1. The van der Waals surface area contributed by atoms with Gasteiger partial charge in [-0.05, 0) is 12.1 Å². The van der Waals surface area contributed by atoms with E-state index in [2.05, 4.69) is 5.32 Å². The summed E-state index contributed by atoms with van der Waals surface area (Å²) in [5.41, 5.74) is 0.665. The van der Waals surface area contributed by atoms with Crippen molar-refractivity contribution in [2.75, 3.05) is 45.0 Å². The fraction of sp³-hybridized carbons (Fsp3) is 0.500. The molecule has 0 aliphatic carbocycles. The van der Waals surface area contributed by atoms with Crippen LogP contribution in [-0.2, 0) is 9.53 Å². The highest BCUT2D eigenvalue weighted by Gasteiger charge is 2.24. The lowest BCUT2D eigenvalue weighted by molar-refractivity contribution is -0.120. The third-order valence-corrected chi connectivity index (χ3v) is 3.56. The van der Waals surface area contributed by atoms with Crippen LogP contribution in [0.1, 0.15) is 0 Å². The molecular formula is C14H18N2O5. The molecule has 1 aromatic carbocycles. The lowest BCUT2D eigenvalue weighted by Crippen LogP contribution is -2.50. The van der Waals surface area contributed by atoms with Crippen molar-refractivity contribution in [3.05, 3.63) is 18.2 Å². The van der Waals surface area contributed by atoms with Crippen molar-refractivity contribution in [3.8, 4) is 11.5 Å². The number of carbonyl (C=O) groups is 1. The minimum Gasteiger partial charge on any atom is -0.454 e. The van der Waals surface area contributed by atoms with Crippen molar-refractivity contribution >= 4 is 11.6 Å². The summed E-state index contributed by atoms with van der Waals surface area (Å²) in [7, 11) is 0. The Morgan fingerprint density at radius 3 is 3.10 bits per heavy atom.